The van der Waals surface area contributed by atoms with E-state index in [1.807, 2.05) is 19.1 Å². The van der Waals surface area contributed by atoms with Crippen LogP contribution in [0, 0.1) is 6.92 Å². The molecule has 0 spiro atoms. The van der Waals surface area contributed by atoms with Crippen molar-refractivity contribution in [3.63, 3.8) is 0 Å². The van der Waals surface area contributed by atoms with Gasteiger partial charge in [-0.05, 0) is 19.1 Å². The van der Waals surface area contributed by atoms with Crippen molar-refractivity contribution in [1.29, 1.82) is 0 Å². The summed E-state index contributed by atoms with van der Waals surface area (Å²) in [6.45, 7) is 1.85. The van der Waals surface area contributed by atoms with E-state index in [0.29, 0.717) is 5.82 Å². The van der Waals surface area contributed by atoms with Crippen molar-refractivity contribution in [3.8, 4) is 0 Å². The van der Waals surface area contributed by atoms with Crippen LogP contribution in [0.5, 0.6) is 0 Å². The molecule has 0 bridgehead atoms. The summed E-state index contributed by atoms with van der Waals surface area (Å²) >= 11 is 0. The maximum atomic E-state index is 11.5. The number of rotatable bonds is 4. The van der Waals surface area contributed by atoms with Gasteiger partial charge in [0.05, 0.1) is 0 Å². The van der Waals surface area contributed by atoms with Gasteiger partial charge in [0.2, 0.25) is 6.29 Å². The molecule has 1 N–H and O–H groups in total. The number of methoxy groups -OCH3 is 2. The number of amides is 1. The average molecular weight is 210 g/mol. The third-order valence-corrected chi connectivity index (χ3v) is 1.78. The highest BCUT2D eigenvalue weighted by Gasteiger charge is 2.16. The van der Waals surface area contributed by atoms with Crippen molar-refractivity contribution < 1.29 is 14.3 Å². The van der Waals surface area contributed by atoms with Crippen LogP contribution in [0.15, 0.2) is 18.2 Å². The Morgan fingerprint density at radius 3 is 2.60 bits per heavy atom. The second-order valence-corrected chi connectivity index (χ2v) is 2.96. The standard InChI is InChI=1S/C10H14N2O3/c1-7-5-4-6-8(11-7)12-9(13)10(14-2)15-3/h4-6,10H,1-3H3,(H,11,12,13). The molecule has 0 aliphatic heterocycles. The lowest BCUT2D eigenvalue weighted by Gasteiger charge is -2.12. The van der Waals surface area contributed by atoms with Crippen molar-refractivity contribution in [2.45, 2.75) is 13.2 Å². The fourth-order valence-corrected chi connectivity index (χ4v) is 1.11. The third kappa shape index (κ3) is 3.30. The Morgan fingerprint density at radius 2 is 2.07 bits per heavy atom. The van der Waals surface area contributed by atoms with Crippen molar-refractivity contribution in [2.75, 3.05) is 19.5 Å². The van der Waals surface area contributed by atoms with Gasteiger partial charge in [-0.25, -0.2) is 4.98 Å². The highest BCUT2D eigenvalue weighted by molar-refractivity contribution is 5.92. The molecular weight excluding hydrogens is 196 g/mol. The first-order valence-corrected chi connectivity index (χ1v) is 4.47. The van der Waals surface area contributed by atoms with E-state index < -0.39 is 6.29 Å². The second kappa shape index (κ2) is 5.43. The van der Waals surface area contributed by atoms with Gasteiger partial charge < -0.3 is 14.8 Å². The lowest BCUT2D eigenvalue weighted by molar-refractivity contribution is -0.153. The van der Waals surface area contributed by atoms with Gasteiger partial charge in [0.1, 0.15) is 5.82 Å². The molecule has 0 aromatic carbocycles. The summed E-state index contributed by atoms with van der Waals surface area (Å²) in [5.41, 5.74) is 0.833. The molecular formula is C10H14N2O3. The fourth-order valence-electron chi connectivity index (χ4n) is 1.11. The Kier molecular flexibility index (Phi) is 4.20. The summed E-state index contributed by atoms with van der Waals surface area (Å²) in [7, 11) is 2.80. The second-order valence-electron chi connectivity index (χ2n) is 2.96. The number of aromatic nitrogens is 1. The van der Waals surface area contributed by atoms with E-state index in [1.54, 1.807) is 6.07 Å². The normalized spacial score (nSPS) is 10.4. The first-order chi connectivity index (χ1) is 7.17. The molecule has 15 heavy (non-hydrogen) atoms. The predicted molar refractivity (Wildman–Crippen MR) is 55.4 cm³/mol. The number of hydrogen-bond donors (Lipinski definition) is 1. The van der Waals surface area contributed by atoms with Gasteiger partial charge in [-0.15, -0.1) is 0 Å². The highest BCUT2D eigenvalue weighted by atomic mass is 16.7. The molecule has 82 valence electrons. The molecule has 1 aromatic heterocycles. The zero-order valence-corrected chi connectivity index (χ0v) is 8.98. The van der Waals surface area contributed by atoms with Crippen molar-refractivity contribution in [3.05, 3.63) is 23.9 Å². The summed E-state index contributed by atoms with van der Waals surface area (Å²) in [5, 5.41) is 2.58. The van der Waals surface area contributed by atoms with Gasteiger partial charge >= 0.3 is 0 Å². The Labute approximate surface area is 88.4 Å². The molecule has 0 saturated heterocycles. The van der Waals surface area contributed by atoms with E-state index >= 15 is 0 Å². The summed E-state index contributed by atoms with van der Waals surface area (Å²) in [6.07, 6.45) is -0.910. The Balaban J connectivity index is 2.65. The zero-order valence-electron chi connectivity index (χ0n) is 8.98. The number of nitrogens with zero attached hydrogens (tertiary/aromatic N) is 1. The SMILES string of the molecule is COC(OC)C(=O)Nc1cccc(C)n1. The van der Waals surface area contributed by atoms with Gasteiger partial charge in [0.25, 0.3) is 5.91 Å². The van der Waals surface area contributed by atoms with Gasteiger partial charge in [0.15, 0.2) is 0 Å². The average Bonchev–Trinajstić information content (AvgIpc) is 2.19. The number of carbonyl (C=O) groups is 1. The van der Waals surface area contributed by atoms with Gasteiger partial charge in [-0.2, -0.15) is 0 Å². The van der Waals surface area contributed by atoms with E-state index in [0.717, 1.165) is 5.69 Å². The third-order valence-electron chi connectivity index (χ3n) is 1.78. The maximum Gasteiger partial charge on any atom is 0.282 e. The summed E-state index contributed by atoms with van der Waals surface area (Å²) in [5.74, 6) is 0.109. The number of anilines is 1. The quantitative estimate of drug-likeness (QED) is 0.751. The van der Waals surface area contributed by atoms with Crippen LogP contribution in [-0.2, 0) is 14.3 Å². The summed E-state index contributed by atoms with van der Waals surface area (Å²) < 4.78 is 9.60. The van der Waals surface area contributed by atoms with Crippen LogP contribution < -0.4 is 5.32 Å². The molecule has 5 heteroatoms. The molecule has 0 aliphatic rings. The molecule has 1 rings (SSSR count). The van der Waals surface area contributed by atoms with E-state index in [-0.39, 0.29) is 5.91 Å². The van der Waals surface area contributed by atoms with Crippen LogP contribution in [0.4, 0.5) is 5.82 Å². The lowest BCUT2D eigenvalue weighted by atomic mass is 10.4. The molecule has 0 unspecified atom stereocenters. The molecule has 0 aliphatic carbocycles. The number of ether oxygens (including phenoxy) is 2. The first-order valence-electron chi connectivity index (χ1n) is 4.47. The summed E-state index contributed by atoms with van der Waals surface area (Å²) in [4.78, 5) is 15.6. The number of hydrogen-bond acceptors (Lipinski definition) is 4. The van der Waals surface area contributed by atoms with E-state index in [1.165, 1.54) is 14.2 Å². The minimum absolute atomic E-state index is 0.377. The topological polar surface area (TPSA) is 60.5 Å². The number of nitrogens with one attached hydrogen (secondary N) is 1. The van der Waals surface area contributed by atoms with Crippen molar-refractivity contribution in [2.24, 2.45) is 0 Å². The highest BCUT2D eigenvalue weighted by Crippen LogP contribution is 2.05. The largest absolute Gasteiger partial charge is 0.348 e. The zero-order chi connectivity index (χ0) is 11.3. The minimum atomic E-state index is -0.910. The number of carbonyl (C=O) groups excluding carboxylic acids is 1. The lowest BCUT2D eigenvalue weighted by Crippen LogP contribution is -2.31. The summed E-state index contributed by atoms with van der Waals surface area (Å²) in [6, 6.07) is 5.36. The van der Waals surface area contributed by atoms with E-state index in [9.17, 15) is 4.79 Å². The predicted octanol–water partition coefficient (Wildman–Crippen LogP) is 0.947. The minimum Gasteiger partial charge on any atom is -0.348 e. The van der Waals surface area contributed by atoms with E-state index in [4.69, 9.17) is 9.47 Å². The van der Waals surface area contributed by atoms with Crippen LogP contribution in [0.1, 0.15) is 5.69 Å². The molecule has 0 fully saturated rings. The molecule has 0 saturated carbocycles. The number of pyridine rings is 1. The van der Waals surface area contributed by atoms with Crippen LogP contribution in [0.25, 0.3) is 0 Å². The van der Waals surface area contributed by atoms with Crippen molar-refractivity contribution in [1.82, 2.24) is 4.98 Å². The Bertz CT molecular complexity index is 337. The van der Waals surface area contributed by atoms with Crippen LogP contribution in [0.2, 0.25) is 0 Å². The molecule has 0 atom stereocenters. The smallest absolute Gasteiger partial charge is 0.282 e. The number of aryl methyl sites for hydroxylation is 1. The van der Waals surface area contributed by atoms with Crippen LogP contribution >= 0.6 is 0 Å². The fraction of sp³-hybridized carbons (Fsp3) is 0.400. The van der Waals surface area contributed by atoms with Gasteiger partial charge in [0, 0.05) is 19.9 Å². The molecule has 1 aromatic rings. The molecule has 1 amide bonds. The molecule has 5 nitrogen and oxygen atoms in total. The monoisotopic (exact) mass is 210 g/mol. The molecule has 0 radical (unpaired) electrons. The van der Waals surface area contributed by atoms with Gasteiger partial charge in [-0.1, -0.05) is 6.07 Å². The van der Waals surface area contributed by atoms with Crippen LogP contribution in [-0.4, -0.2) is 31.4 Å². The maximum absolute atomic E-state index is 11.5. The van der Waals surface area contributed by atoms with Crippen molar-refractivity contribution >= 4 is 11.7 Å². The Morgan fingerprint density at radius 1 is 1.40 bits per heavy atom. The van der Waals surface area contributed by atoms with Gasteiger partial charge in [-0.3, -0.25) is 4.79 Å². The Hall–Kier alpha value is -1.46. The van der Waals surface area contributed by atoms with E-state index in [2.05, 4.69) is 10.3 Å². The van der Waals surface area contributed by atoms with Crippen LogP contribution in [0.3, 0.4) is 0 Å². The first kappa shape index (κ1) is 11.6. The molecule has 1 heterocycles.